The highest BCUT2D eigenvalue weighted by Gasteiger charge is 2.08. The van der Waals surface area contributed by atoms with E-state index in [-0.39, 0.29) is 6.04 Å². The lowest BCUT2D eigenvalue weighted by molar-refractivity contribution is 0.296. The lowest BCUT2D eigenvalue weighted by atomic mass is 10.1. The molecule has 2 aromatic rings. The van der Waals surface area contributed by atoms with Gasteiger partial charge in [-0.05, 0) is 31.5 Å². The highest BCUT2D eigenvalue weighted by Crippen LogP contribution is 2.24. The molecule has 1 heterocycles. The Morgan fingerprint density at radius 1 is 1.22 bits per heavy atom. The van der Waals surface area contributed by atoms with Gasteiger partial charge >= 0.3 is 0 Å². The topological polar surface area (TPSA) is 48.1 Å². The van der Waals surface area contributed by atoms with Crippen LogP contribution in [0.15, 0.2) is 42.6 Å². The van der Waals surface area contributed by atoms with Crippen molar-refractivity contribution in [2.24, 2.45) is 5.73 Å². The Labute approximate surface area is 108 Å². The molecule has 0 fully saturated rings. The third-order valence-electron chi connectivity index (χ3n) is 2.89. The molecule has 18 heavy (non-hydrogen) atoms. The highest BCUT2D eigenvalue weighted by molar-refractivity contribution is 5.35. The Bertz CT molecular complexity index is 523. The minimum atomic E-state index is -0.0361. The monoisotopic (exact) mass is 242 g/mol. The Morgan fingerprint density at radius 2 is 2.00 bits per heavy atom. The number of para-hydroxylation sites is 1. The number of pyridine rings is 1. The van der Waals surface area contributed by atoms with Gasteiger partial charge in [-0.25, -0.2) is 0 Å². The van der Waals surface area contributed by atoms with Crippen molar-refractivity contribution < 1.29 is 4.74 Å². The Morgan fingerprint density at radius 3 is 2.72 bits per heavy atom. The maximum Gasteiger partial charge on any atom is 0.130 e. The fraction of sp³-hybridized carbons (Fsp3) is 0.267. The lowest BCUT2D eigenvalue weighted by Crippen LogP contribution is -2.08. The first-order valence-electron chi connectivity index (χ1n) is 6.06. The molecule has 0 aliphatic carbocycles. The first kappa shape index (κ1) is 12.6. The number of hydrogen-bond donors (Lipinski definition) is 1. The largest absolute Gasteiger partial charge is 0.487 e. The molecule has 0 saturated carbocycles. The number of ether oxygens (including phenoxy) is 1. The molecule has 2 N–H and O–H groups in total. The average molecular weight is 242 g/mol. The third kappa shape index (κ3) is 2.87. The molecule has 0 saturated heterocycles. The van der Waals surface area contributed by atoms with E-state index in [9.17, 15) is 0 Å². The van der Waals surface area contributed by atoms with Gasteiger partial charge in [-0.2, -0.15) is 0 Å². The maximum atomic E-state index is 5.92. The Hall–Kier alpha value is -1.87. The molecule has 1 aromatic heterocycles. The standard InChI is InChI=1S/C15H18N2O/c1-11-6-5-9-17-14(11)10-18-15-8-4-3-7-13(15)12(2)16/h3-9,12H,10,16H2,1-2H3/t12-/m0/s1. The number of hydrogen-bond acceptors (Lipinski definition) is 3. The van der Waals surface area contributed by atoms with Crippen molar-refractivity contribution in [1.29, 1.82) is 0 Å². The van der Waals surface area contributed by atoms with Crippen LogP contribution in [0, 0.1) is 6.92 Å². The molecule has 1 aromatic carbocycles. The van der Waals surface area contributed by atoms with Crippen LogP contribution >= 0.6 is 0 Å². The van der Waals surface area contributed by atoms with Crippen molar-refractivity contribution in [1.82, 2.24) is 4.98 Å². The van der Waals surface area contributed by atoms with Gasteiger partial charge in [-0.3, -0.25) is 4.98 Å². The molecule has 3 heteroatoms. The molecule has 0 aliphatic rings. The van der Waals surface area contributed by atoms with E-state index in [1.807, 2.05) is 50.2 Å². The molecule has 0 radical (unpaired) electrons. The zero-order chi connectivity index (χ0) is 13.0. The van der Waals surface area contributed by atoms with E-state index < -0.39 is 0 Å². The molecule has 0 unspecified atom stereocenters. The first-order chi connectivity index (χ1) is 8.68. The van der Waals surface area contributed by atoms with Crippen LogP contribution in [0.3, 0.4) is 0 Å². The van der Waals surface area contributed by atoms with E-state index >= 15 is 0 Å². The van der Waals surface area contributed by atoms with Crippen molar-refractivity contribution in [3.8, 4) is 5.75 Å². The SMILES string of the molecule is Cc1cccnc1COc1ccccc1[C@H](C)N. The normalized spacial score (nSPS) is 12.2. The van der Waals surface area contributed by atoms with Gasteiger partial charge in [0.25, 0.3) is 0 Å². The summed E-state index contributed by atoms with van der Waals surface area (Å²) in [5.74, 6) is 0.831. The van der Waals surface area contributed by atoms with Crippen molar-refractivity contribution in [3.05, 3.63) is 59.4 Å². The van der Waals surface area contributed by atoms with E-state index in [4.69, 9.17) is 10.5 Å². The fourth-order valence-corrected chi connectivity index (χ4v) is 1.80. The molecule has 2 rings (SSSR count). The van der Waals surface area contributed by atoms with E-state index in [1.165, 1.54) is 0 Å². The van der Waals surface area contributed by atoms with Crippen LogP contribution in [-0.2, 0) is 6.61 Å². The van der Waals surface area contributed by atoms with E-state index in [0.717, 1.165) is 22.6 Å². The molecular formula is C15H18N2O. The van der Waals surface area contributed by atoms with Gasteiger partial charge in [0, 0.05) is 17.8 Å². The average Bonchev–Trinajstić information content (AvgIpc) is 2.38. The van der Waals surface area contributed by atoms with Gasteiger partial charge in [-0.1, -0.05) is 24.3 Å². The molecule has 3 nitrogen and oxygen atoms in total. The third-order valence-corrected chi connectivity index (χ3v) is 2.89. The van der Waals surface area contributed by atoms with Crippen molar-refractivity contribution >= 4 is 0 Å². The smallest absolute Gasteiger partial charge is 0.130 e. The molecule has 1 atom stereocenters. The van der Waals surface area contributed by atoms with Gasteiger partial charge in [0.05, 0.1) is 5.69 Å². The number of rotatable bonds is 4. The van der Waals surface area contributed by atoms with Gasteiger partial charge in [-0.15, -0.1) is 0 Å². The Kier molecular flexibility index (Phi) is 3.95. The van der Waals surface area contributed by atoms with Crippen LogP contribution in [0.2, 0.25) is 0 Å². The second-order valence-electron chi connectivity index (χ2n) is 4.38. The van der Waals surface area contributed by atoms with Crippen LogP contribution in [-0.4, -0.2) is 4.98 Å². The van der Waals surface area contributed by atoms with E-state index in [2.05, 4.69) is 4.98 Å². The lowest BCUT2D eigenvalue weighted by Gasteiger charge is -2.14. The molecule has 94 valence electrons. The summed E-state index contributed by atoms with van der Waals surface area (Å²) in [4.78, 5) is 4.31. The number of nitrogens with zero attached hydrogens (tertiary/aromatic N) is 1. The quantitative estimate of drug-likeness (QED) is 0.896. The highest BCUT2D eigenvalue weighted by atomic mass is 16.5. The summed E-state index contributed by atoms with van der Waals surface area (Å²) in [7, 11) is 0. The molecule has 0 amide bonds. The minimum Gasteiger partial charge on any atom is -0.487 e. The molecule has 0 spiro atoms. The summed E-state index contributed by atoms with van der Waals surface area (Å²) >= 11 is 0. The summed E-state index contributed by atoms with van der Waals surface area (Å²) in [6.45, 7) is 4.45. The Balaban J connectivity index is 2.14. The van der Waals surface area contributed by atoms with Crippen molar-refractivity contribution in [2.75, 3.05) is 0 Å². The molecule has 0 aliphatic heterocycles. The van der Waals surface area contributed by atoms with Crippen LogP contribution in [0.1, 0.15) is 29.8 Å². The summed E-state index contributed by atoms with van der Waals surface area (Å²) in [5, 5.41) is 0. The summed E-state index contributed by atoms with van der Waals surface area (Å²) in [5.41, 5.74) is 9.03. The maximum absolute atomic E-state index is 5.92. The number of nitrogens with two attached hydrogens (primary N) is 1. The number of aryl methyl sites for hydroxylation is 1. The van der Waals surface area contributed by atoms with E-state index in [0.29, 0.717) is 6.61 Å². The van der Waals surface area contributed by atoms with Gasteiger partial charge in [0.1, 0.15) is 12.4 Å². The fourth-order valence-electron chi connectivity index (χ4n) is 1.80. The first-order valence-corrected chi connectivity index (χ1v) is 6.06. The van der Waals surface area contributed by atoms with E-state index in [1.54, 1.807) is 6.20 Å². The minimum absolute atomic E-state index is 0.0361. The zero-order valence-electron chi connectivity index (χ0n) is 10.8. The molecular weight excluding hydrogens is 224 g/mol. The summed E-state index contributed by atoms with van der Waals surface area (Å²) in [6.07, 6.45) is 1.78. The molecule has 0 bridgehead atoms. The summed E-state index contributed by atoms with van der Waals surface area (Å²) in [6, 6.07) is 11.8. The van der Waals surface area contributed by atoms with Crippen LogP contribution in [0.5, 0.6) is 5.75 Å². The number of benzene rings is 1. The van der Waals surface area contributed by atoms with Crippen LogP contribution in [0.25, 0.3) is 0 Å². The van der Waals surface area contributed by atoms with Gasteiger partial charge in [0.2, 0.25) is 0 Å². The van der Waals surface area contributed by atoms with Crippen LogP contribution < -0.4 is 10.5 Å². The van der Waals surface area contributed by atoms with Gasteiger partial charge in [0.15, 0.2) is 0 Å². The van der Waals surface area contributed by atoms with Crippen molar-refractivity contribution in [2.45, 2.75) is 26.5 Å². The summed E-state index contributed by atoms with van der Waals surface area (Å²) < 4.78 is 5.82. The second kappa shape index (κ2) is 5.65. The predicted octanol–water partition coefficient (Wildman–Crippen LogP) is 2.99. The van der Waals surface area contributed by atoms with Crippen LogP contribution in [0.4, 0.5) is 0 Å². The second-order valence-corrected chi connectivity index (χ2v) is 4.38. The van der Waals surface area contributed by atoms with Crippen molar-refractivity contribution in [3.63, 3.8) is 0 Å². The number of aromatic nitrogens is 1. The zero-order valence-corrected chi connectivity index (χ0v) is 10.8. The predicted molar refractivity (Wildman–Crippen MR) is 72.4 cm³/mol. The van der Waals surface area contributed by atoms with Gasteiger partial charge < -0.3 is 10.5 Å².